The van der Waals surface area contributed by atoms with Crippen molar-refractivity contribution in [2.24, 2.45) is 5.92 Å². The summed E-state index contributed by atoms with van der Waals surface area (Å²) in [6.45, 7) is 4.76. The molecule has 2 aromatic heterocycles. The molecule has 5 heteroatoms. The van der Waals surface area contributed by atoms with Gasteiger partial charge in [0.05, 0.1) is 23.3 Å². The summed E-state index contributed by atoms with van der Waals surface area (Å²) < 4.78 is 7.61. The van der Waals surface area contributed by atoms with E-state index in [1.807, 2.05) is 41.0 Å². The number of aromatic nitrogens is 3. The third-order valence-electron chi connectivity index (χ3n) is 3.13. The molecule has 2 N–H and O–H groups in total. The van der Waals surface area contributed by atoms with Gasteiger partial charge in [-0.1, -0.05) is 26.0 Å². The largest absolute Gasteiger partial charge is 0.476 e. The molecule has 0 amide bonds. The van der Waals surface area contributed by atoms with Gasteiger partial charge in [-0.15, -0.1) is 0 Å². The molecule has 0 unspecified atom stereocenters. The van der Waals surface area contributed by atoms with Crippen LogP contribution in [0.15, 0.2) is 42.7 Å². The van der Waals surface area contributed by atoms with Crippen LogP contribution in [0, 0.1) is 5.92 Å². The van der Waals surface area contributed by atoms with Crippen LogP contribution in [-0.2, 0) is 0 Å². The maximum Gasteiger partial charge on any atom is 0.239 e. The first-order valence-electron chi connectivity index (χ1n) is 6.97. The zero-order valence-electron chi connectivity index (χ0n) is 12.2. The Balaban J connectivity index is 2.00. The molecule has 0 aliphatic heterocycles. The van der Waals surface area contributed by atoms with Gasteiger partial charge in [-0.3, -0.25) is 4.57 Å². The molecule has 0 aliphatic rings. The lowest BCUT2D eigenvalue weighted by molar-refractivity contribution is 0.263. The van der Waals surface area contributed by atoms with Crippen LogP contribution in [0.1, 0.15) is 13.8 Å². The van der Waals surface area contributed by atoms with Crippen molar-refractivity contribution in [3.8, 4) is 11.7 Å². The van der Waals surface area contributed by atoms with Crippen LogP contribution in [0.2, 0.25) is 0 Å². The van der Waals surface area contributed by atoms with E-state index in [9.17, 15) is 0 Å². The summed E-state index contributed by atoms with van der Waals surface area (Å²) in [6, 6.07) is 11.6. The summed E-state index contributed by atoms with van der Waals surface area (Å²) >= 11 is 0. The highest BCUT2D eigenvalue weighted by molar-refractivity contribution is 5.76. The highest BCUT2D eigenvalue weighted by Crippen LogP contribution is 2.23. The van der Waals surface area contributed by atoms with Crippen LogP contribution >= 0.6 is 0 Å². The van der Waals surface area contributed by atoms with Crippen LogP contribution in [0.4, 0.5) is 5.69 Å². The second kappa shape index (κ2) is 5.44. The van der Waals surface area contributed by atoms with E-state index >= 15 is 0 Å². The maximum absolute atomic E-state index is 5.93. The predicted molar refractivity (Wildman–Crippen MR) is 83.6 cm³/mol. The fourth-order valence-corrected chi connectivity index (χ4v) is 2.08. The normalized spacial score (nSPS) is 11.2. The molecule has 21 heavy (non-hydrogen) atoms. The molecule has 5 nitrogen and oxygen atoms in total. The molecule has 0 radical (unpaired) electrons. The highest BCUT2D eigenvalue weighted by Gasteiger charge is 2.09. The van der Waals surface area contributed by atoms with Crippen molar-refractivity contribution in [3.63, 3.8) is 0 Å². The molecular formula is C16H18N4O. The maximum atomic E-state index is 5.93. The molecule has 0 fully saturated rings. The molecule has 0 saturated heterocycles. The van der Waals surface area contributed by atoms with Crippen molar-refractivity contribution in [1.82, 2.24) is 14.5 Å². The van der Waals surface area contributed by atoms with Gasteiger partial charge in [0.2, 0.25) is 5.88 Å². The van der Waals surface area contributed by atoms with E-state index < -0.39 is 0 Å². The number of ether oxygens (including phenoxy) is 1. The topological polar surface area (TPSA) is 66.0 Å². The summed E-state index contributed by atoms with van der Waals surface area (Å²) in [5.74, 6) is 1.64. The monoisotopic (exact) mass is 282 g/mol. The Morgan fingerprint density at radius 1 is 1.19 bits per heavy atom. The molecule has 0 saturated carbocycles. The van der Waals surface area contributed by atoms with Crippen molar-refractivity contribution in [3.05, 3.63) is 42.7 Å². The van der Waals surface area contributed by atoms with Gasteiger partial charge in [-0.05, 0) is 30.2 Å². The van der Waals surface area contributed by atoms with Crippen molar-refractivity contribution < 1.29 is 4.74 Å². The average molecular weight is 282 g/mol. The number of rotatable bonds is 4. The van der Waals surface area contributed by atoms with E-state index in [1.54, 1.807) is 6.33 Å². The highest BCUT2D eigenvalue weighted by atomic mass is 16.5. The van der Waals surface area contributed by atoms with E-state index in [4.69, 9.17) is 10.5 Å². The fourth-order valence-electron chi connectivity index (χ4n) is 2.08. The molecule has 0 bridgehead atoms. The first-order valence-corrected chi connectivity index (χ1v) is 6.97. The second-order valence-electron chi connectivity index (χ2n) is 5.37. The number of para-hydroxylation sites is 2. The summed E-state index contributed by atoms with van der Waals surface area (Å²) in [5, 5.41) is 0. The van der Waals surface area contributed by atoms with Gasteiger partial charge in [0.1, 0.15) is 12.1 Å². The number of hydrogen-bond acceptors (Lipinski definition) is 4. The van der Waals surface area contributed by atoms with Gasteiger partial charge in [0, 0.05) is 0 Å². The third kappa shape index (κ3) is 2.67. The van der Waals surface area contributed by atoms with Crippen LogP contribution in [0.5, 0.6) is 5.88 Å². The SMILES string of the molecule is CC(C)COc1nc(-n2cnc3ccccc32)ccc1N. The van der Waals surface area contributed by atoms with Gasteiger partial charge >= 0.3 is 0 Å². The van der Waals surface area contributed by atoms with Gasteiger partial charge in [-0.25, -0.2) is 4.98 Å². The van der Waals surface area contributed by atoms with Crippen LogP contribution in [-0.4, -0.2) is 21.1 Å². The third-order valence-corrected chi connectivity index (χ3v) is 3.13. The minimum absolute atomic E-state index is 0.420. The van der Waals surface area contributed by atoms with Crippen LogP contribution in [0.25, 0.3) is 16.9 Å². The molecule has 0 spiro atoms. The number of fused-ring (bicyclic) bond motifs is 1. The summed E-state index contributed by atoms with van der Waals surface area (Å²) in [6.07, 6.45) is 1.76. The Bertz CT molecular complexity index is 764. The van der Waals surface area contributed by atoms with Crippen molar-refractivity contribution in [1.29, 1.82) is 0 Å². The Morgan fingerprint density at radius 3 is 2.81 bits per heavy atom. The zero-order chi connectivity index (χ0) is 14.8. The molecule has 0 aliphatic carbocycles. The molecule has 3 rings (SSSR count). The molecular weight excluding hydrogens is 264 g/mol. The number of hydrogen-bond donors (Lipinski definition) is 1. The number of benzene rings is 1. The number of pyridine rings is 1. The van der Waals surface area contributed by atoms with E-state index in [0.29, 0.717) is 24.1 Å². The zero-order valence-corrected chi connectivity index (χ0v) is 12.2. The van der Waals surface area contributed by atoms with Gasteiger partial charge in [0.15, 0.2) is 0 Å². The van der Waals surface area contributed by atoms with Crippen molar-refractivity contribution >= 4 is 16.7 Å². The number of anilines is 1. The molecule has 3 aromatic rings. The number of nitrogen functional groups attached to an aromatic ring is 1. The Kier molecular flexibility index (Phi) is 3.48. The van der Waals surface area contributed by atoms with Crippen molar-refractivity contribution in [2.45, 2.75) is 13.8 Å². The molecule has 2 heterocycles. The quantitative estimate of drug-likeness (QED) is 0.798. The van der Waals surface area contributed by atoms with E-state index in [0.717, 1.165) is 16.9 Å². The van der Waals surface area contributed by atoms with E-state index in [1.165, 1.54) is 0 Å². The molecule has 0 atom stereocenters. The standard InChI is InChI=1S/C16H18N4O/c1-11(2)9-21-16-12(17)7-8-15(19-16)20-10-18-13-5-3-4-6-14(13)20/h3-8,10-11H,9,17H2,1-2H3. The minimum Gasteiger partial charge on any atom is -0.476 e. The smallest absolute Gasteiger partial charge is 0.239 e. The van der Waals surface area contributed by atoms with Crippen LogP contribution in [0.3, 0.4) is 0 Å². The molecule has 108 valence electrons. The van der Waals surface area contributed by atoms with E-state index in [2.05, 4.69) is 23.8 Å². The Morgan fingerprint density at radius 2 is 2.00 bits per heavy atom. The Labute approximate surface area is 123 Å². The first-order chi connectivity index (χ1) is 10.1. The van der Waals surface area contributed by atoms with E-state index in [-0.39, 0.29) is 0 Å². The predicted octanol–water partition coefficient (Wildman–Crippen LogP) is 3.04. The summed E-state index contributed by atoms with van der Waals surface area (Å²) in [7, 11) is 0. The number of imidazole rings is 1. The lowest BCUT2D eigenvalue weighted by atomic mass is 10.2. The van der Waals surface area contributed by atoms with Crippen LogP contribution < -0.4 is 10.5 Å². The van der Waals surface area contributed by atoms with Gasteiger partial charge < -0.3 is 10.5 Å². The van der Waals surface area contributed by atoms with Gasteiger partial charge in [0.25, 0.3) is 0 Å². The number of nitrogens with zero attached hydrogens (tertiary/aromatic N) is 3. The van der Waals surface area contributed by atoms with Crippen molar-refractivity contribution in [2.75, 3.05) is 12.3 Å². The second-order valence-corrected chi connectivity index (χ2v) is 5.37. The average Bonchev–Trinajstić information content (AvgIpc) is 2.90. The number of nitrogens with two attached hydrogens (primary N) is 1. The summed E-state index contributed by atoms with van der Waals surface area (Å²) in [5.41, 5.74) is 8.41. The minimum atomic E-state index is 0.420. The fraction of sp³-hybridized carbons (Fsp3) is 0.250. The first kappa shape index (κ1) is 13.4. The summed E-state index contributed by atoms with van der Waals surface area (Å²) in [4.78, 5) is 8.88. The Hall–Kier alpha value is -2.56. The molecule has 1 aromatic carbocycles. The lowest BCUT2D eigenvalue weighted by Crippen LogP contribution is -2.09. The van der Waals surface area contributed by atoms with Gasteiger partial charge in [-0.2, -0.15) is 4.98 Å². The lowest BCUT2D eigenvalue weighted by Gasteiger charge is -2.11.